The molecule has 7 heteroatoms. The van der Waals surface area contributed by atoms with E-state index in [4.69, 9.17) is 4.74 Å². The fraction of sp³-hybridized carbons (Fsp3) is 0.286. The Kier molecular flexibility index (Phi) is 8.07. The maximum absolute atomic E-state index is 11.9. The van der Waals surface area contributed by atoms with Gasteiger partial charge in [-0.15, -0.1) is 11.8 Å². The van der Waals surface area contributed by atoms with Crippen LogP contribution in [0.3, 0.4) is 0 Å². The summed E-state index contributed by atoms with van der Waals surface area (Å²) in [4.78, 5) is 37.0. The number of aryl methyl sites for hydroxylation is 1. The van der Waals surface area contributed by atoms with Crippen molar-refractivity contribution in [3.05, 3.63) is 65.2 Å². The van der Waals surface area contributed by atoms with Gasteiger partial charge in [-0.25, -0.2) is 0 Å². The lowest BCUT2D eigenvalue weighted by Crippen LogP contribution is -2.22. The average molecular weight is 401 g/mol. The van der Waals surface area contributed by atoms with E-state index in [1.807, 2.05) is 31.2 Å². The molecule has 0 aliphatic carbocycles. The van der Waals surface area contributed by atoms with Crippen molar-refractivity contribution in [1.29, 1.82) is 0 Å². The summed E-state index contributed by atoms with van der Waals surface area (Å²) in [5.74, 6) is -0.0834. The number of thioether (sulfide) groups is 1. The number of esters is 1. The fourth-order valence-electron chi connectivity index (χ4n) is 2.28. The highest BCUT2D eigenvalue weighted by Gasteiger charge is 2.10. The molecule has 0 aromatic heterocycles. The highest BCUT2D eigenvalue weighted by Crippen LogP contribution is 2.13. The molecule has 6 nitrogen and oxygen atoms in total. The predicted molar refractivity (Wildman–Crippen MR) is 111 cm³/mol. The number of carbonyl (C=O) groups is 3. The van der Waals surface area contributed by atoms with Crippen LogP contribution >= 0.6 is 11.8 Å². The minimum absolute atomic E-state index is 0.116. The van der Waals surface area contributed by atoms with Crippen LogP contribution in [0.15, 0.2) is 48.5 Å². The van der Waals surface area contributed by atoms with Crippen molar-refractivity contribution in [2.75, 3.05) is 31.8 Å². The van der Waals surface area contributed by atoms with Gasteiger partial charge in [-0.2, -0.15) is 0 Å². The number of benzene rings is 2. The molecule has 28 heavy (non-hydrogen) atoms. The molecular formula is C21H24N2O4S. The van der Waals surface area contributed by atoms with Crippen LogP contribution in [0.1, 0.15) is 21.5 Å². The Morgan fingerprint density at radius 3 is 2.25 bits per heavy atom. The van der Waals surface area contributed by atoms with Crippen LogP contribution in [-0.4, -0.2) is 49.1 Å². The number of ether oxygens (including phenoxy) is 1. The Hall–Kier alpha value is -2.80. The molecule has 148 valence electrons. The molecule has 0 saturated carbocycles. The SMILES string of the molecule is Cc1ccc(CSCC(=O)OCC(=O)Nc2ccc(C(=O)N(C)C)cc2)cc1. The third kappa shape index (κ3) is 7.08. The van der Waals surface area contributed by atoms with Crippen molar-refractivity contribution >= 4 is 35.2 Å². The lowest BCUT2D eigenvalue weighted by atomic mass is 10.2. The highest BCUT2D eigenvalue weighted by molar-refractivity contribution is 7.99. The van der Waals surface area contributed by atoms with Crippen molar-refractivity contribution in [3.8, 4) is 0 Å². The minimum Gasteiger partial charge on any atom is -0.455 e. The highest BCUT2D eigenvalue weighted by atomic mass is 32.2. The second-order valence-corrected chi connectivity index (χ2v) is 7.45. The molecule has 0 heterocycles. The fourth-order valence-corrected chi connectivity index (χ4v) is 3.06. The van der Waals surface area contributed by atoms with E-state index in [9.17, 15) is 14.4 Å². The van der Waals surface area contributed by atoms with Crippen LogP contribution in [0.5, 0.6) is 0 Å². The molecule has 0 aliphatic rings. The Morgan fingerprint density at radius 2 is 1.64 bits per heavy atom. The average Bonchev–Trinajstić information content (AvgIpc) is 2.68. The van der Waals surface area contributed by atoms with Gasteiger partial charge in [0.25, 0.3) is 11.8 Å². The molecule has 2 rings (SSSR count). The van der Waals surface area contributed by atoms with Crippen molar-refractivity contribution in [2.24, 2.45) is 0 Å². The monoisotopic (exact) mass is 400 g/mol. The molecule has 0 saturated heterocycles. The maximum Gasteiger partial charge on any atom is 0.316 e. The Morgan fingerprint density at radius 1 is 1.00 bits per heavy atom. The summed E-state index contributed by atoms with van der Waals surface area (Å²) < 4.78 is 4.99. The van der Waals surface area contributed by atoms with E-state index in [0.717, 1.165) is 5.56 Å². The lowest BCUT2D eigenvalue weighted by Gasteiger charge is -2.11. The summed E-state index contributed by atoms with van der Waals surface area (Å²) in [5.41, 5.74) is 3.39. The van der Waals surface area contributed by atoms with Gasteiger partial charge >= 0.3 is 5.97 Å². The van der Waals surface area contributed by atoms with Gasteiger partial charge in [0, 0.05) is 31.1 Å². The second-order valence-electron chi connectivity index (χ2n) is 6.46. The van der Waals surface area contributed by atoms with Crippen LogP contribution in [0.25, 0.3) is 0 Å². The summed E-state index contributed by atoms with van der Waals surface area (Å²) >= 11 is 1.44. The molecule has 0 bridgehead atoms. The lowest BCUT2D eigenvalue weighted by molar-refractivity contribution is -0.144. The van der Waals surface area contributed by atoms with Gasteiger partial charge in [-0.3, -0.25) is 14.4 Å². The topological polar surface area (TPSA) is 75.7 Å². The Bertz CT molecular complexity index is 817. The molecule has 0 spiro atoms. The maximum atomic E-state index is 11.9. The Labute approximate surface area is 169 Å². The first kappa shape index (κ1) is 21.5. The van der Waals surface area contributed by atoms with Crippen molar-refractivity contribution in [1.82, 2.24) is 4.90 Å². The molecule has 0 unspecified atom stereocenters. The summed E-state index contributed by atoms with van der Waals surface area (Å²) in [6.45, 7) is 1.68. The van der Waals surface area contributed by atoms with Crippen LogP contribution in [0.4, 0.5) is 5.69 Å². The summed E-state index contributed by atoms with van der Waals surface area (Å²) in [6.07, 6.45) is 0. The van der Waals surface area contributed by atoms with Crippen LogP contribution in [0.2, 0.25) is 0 Å². The van der Waals surface area contributed by atoms with Gasteiger partial charge in [-0.05, 0) is 36.8 Å². The van der Waals surface area contributed by atoms with Crippen molar-refractivity contribution in [2.45, 2.75) is 12.7 Å². The minimum atomic E-state index is -0.431. The molecule has 2 aromatic rings. The molecule has 0 atom stereocenters. The van der Waals surface area contributed by atoms with Crippen LogP contribution < -0.4 is 5.32 Å². The molecule has 0 aliphatic heterocycles. The van der Waals surface area contributed by atoms with Gasteiger partial charge in [-0.1, -0.05) is 29.8 Å². The quantitative estimate of drug-likeness (QED) is 0.689. The molecule has 0 radical (unpaired) electrons. The first-order valence-corrected chi connectivity index (χ1v) is 9.91. The van der Waals surface area contributed by atoms with E-state index in [1.165, 1.54) is 22.2 Å². The predicted octanol–water partition coefficient (Wildman–Crippen LogP) is 3.11. The van der Waals surface area contributed by atoms with Gasteiger partial charge in [0.1, 0.15) is 0 Å². The van der Waals surface area contributed by atoms with Crippen LogP contribution in [0, 0.1) is 6.92 Å². The summed E-state index contributed by atoms with van der Waals surface area (Å²) in [5, 5.41) is 2.63. The van der Waals surface area contributed by atoms with E-state index < -0.39 is 11.9 Å². The molecule has 1 N–H and O–H groups in total. The third-order valence-corrected chi connectivity index (χ3v) is 4.77. The number of nitrogens with one attached hydrogen (secondary N) is 1. The van der Waals surface area contributed by atoms with E-state index in [-0.39, 0.29) is 18.3 Å². The molecule has 2 aromatic carbocycles. The standard InChI is InChI=1S/C21H24N2O4S/c1-15-4-6-16(7-5-15)13-28-14-20(25)27-12-19(24)22-18-10-8-17(9-11-18)21(26)23(2)3/h4-11H,12-14H2,1-3H3,(H,22,24). The zero-order valence-corrected chi connectivity index (χ0v) is 17.0. The smallest absolute Gasteiger partial charge is 0.316 e. The normalized spacial score (nSPS) is 10.2. The number of hydrogen-bond donors (Lipinski definition) is 1. The number of anilines is 1. The summed E-state index contributed by atoms with van der Waals surface area (Å²) in [6, 6.07) is 14.6. The van der Waals surface area contributed by atoms with Crippen molar-refractivity contribution in [3.63, 3.8) is 0 Å². The van der Waals surface area contributed by atoms with E-state index in [2.05, 4.69) is 5.32 Å². The van der Waals surface area contributed by atoms with Gasteiger partial charge in [0.05, 0.1) is 5.75 Å². The number of amides is 2. The molecular weight excluding hydrogens is 376 g/mol. The summed E-state index contributed by atoms with van der Waals surface area (Å²) in [7, 11) is 3.34. The second kappa shape index (κ2) is 10.5. The van der Waals surface area contributed by atoms with E-state index in [1.54, 1.807) is 38.4 Å². The van der Waals surface area contributed by atoms with Gasteiger partial charge in [0.2, 0.25) is 0 Å². The zero-order chi connectivity index (χ0) is 20.5. The Balaban J connectivity index is 1.69. The number of rotatable bonds is 8. The number of nitrogens with zero attached hydrogens (tertiary/aromatic N) is 1. The first-order chi connectivity index (χ1) is 13.3. The van der Waals surface area contributed by atoms with Gasteiger partial charge < -0.3 is 15.0 Å². The van der Waals surface area contributed by atoms with Crippen molar-refractivity contribution < 1.29 is 19.1 Å². The molecule has 2 amide bonds. The largest absolute Gasteiger partial charge is 0.455 e. The number of carbonyl (C=O) groups excluding carboxylic acids is 3. The molecule has 0 fully saturated rings. The van der Waals surface area contributed by atoms with Gasteiger partial charge in [0.15, 0.2) is 6.61 Å². The number of hydrogen-bond acceptors (Lipinski definition) is 5. The van der Waals surface area contributed by atoms with Crippen LogP contribution in [-0.2, 0) is 20.1 Å². The zero-order valence-electron chi connectivity index (χ0n) is 16.2. The third-order valence-electron chi connectivity index (χ3n) is 3.80. The first-order valence-electron chi connectivity index (χ1n) is 8.75. The van der Waals surface area contributed by atoms with E-state index in [0.29, 0.717) is 17.0 Å². The van der Waals surface area contributed by atoms with E-state index >= 15 is 0 Å².